The number of nitrogens with zero attached hydrogens (tertiary/aromatic N) is 1. The Morgan fingerprint density at radius 3 is 2.80 bits per heavy atom. The number of hydrogen-bond acceptors (Lipinski definition) is 3. The second kappa shape index (κ2) is 8.02. The van der Waals surface area contributed by atoms with Crippen LogP contribution in [-0.4, -0.2) is 37.1 Å². The Labute approximate surface area is 120 Å². The van der Waals surface area contributed by atoms with Gasteiger partial charge in [-0.3, -0.25) is 4.79 Å². The van der Waals surface area contributed by atoms with E-state index >= 15 is 0 Å². The molecule has 2 rings (SSSR count). The second-order valence-electron chi connectivity index (χ2n) is 5.24. The smallest absolute Gasteiger partial charge is 0.248 e. The lowest BCUT2D eigenvalue weighted by atomic mass is 10.00. The summed E-state index contributed by atoms with van der Waals surface area (Å²) < 4.78 is 5.45. The van der Waals surface area contributed by atoms with Gasteiger partial charge in [0.1, 0.15) is 6.61 Å². The maximum Gasteiger partial charge on any atom is 0.248 e. The molecule has 0 fully saturated rings. The molecule has 1 aliphatic rings. The zero-order chi connectivity index (χ0) is 14.2. The molecule has 0 unspecified atom stereocenters. The van der Waals surface area contributed by atoms with Crippen molar-refractivity contribution >= 4 is 5.91 Å². The molecule has 1 amide bonds. The van der Waals surface area contributed by atoms with Gasteiger partial charge in [0, 0.05) is 19.7 Å². The molecule has 1 aromatic rings. The molecule has 20 heavy (non-hydrogen) atoms. The van der Waals surface area contributed by atoms with Crippen molar-refractivity contribution in [2.24, 2.45) is 5.73 Å². The minimum atomic E-state index is 0.0957. The van der Waals surface area contributed by atoms with Crippen LogP contribution >= 0.6 is 0 Å². The second-order valence-corrected chi connectivity index (χ2v) is 5.24. The van der Waals surface area contributed by atoms with Crippen LogP contribution in [-0.2, 0) is 22.5 Å². The molecule has 0 aliphatic carbocycles. The Morgan fingerprint density at radius 1 is 1.20 bits per heavy atom. The van der Waals surface area contributed by atoms with Crippen molar-refractivity contribution in [1.29, 1.82) is 0 Å². The highest BCUT2D eigenvalue weighted by molar-refractivity contribution is 5.77. The number of nitrogens with two attached hydrogens (primary N) is 1. The number of unbranched alkanes of at least 4 members (excludes halogenated alkanes) is 2. The van der Waals surface area contributed by atoms with E-state index in [9.17, 15) is 4.79 Å². The molecule has 4 nitrogen and oxygen atoms in total. The molecule has 1 aliphatic heterocycles. The molecule has 0 atom stereocenters. The van der Waals surface area contributed by atoms with Crippen molar-refractivity contribution < 1.29 is 9.53 Å². The third-order valence-corrected chi connectivity index (χ3v) is 3.70. The molecule has 0 saturated carbocycles. The number of carbonyl (C=O) groups is 1. The van der Waals surface area contributed by atoms with Gasteiger partial charge in [0.05, 0.1) is 0 Å². The van der Waals surface area contributed by atoms with E-state index in [2.05, 4.69) is 18.2 Å². The number of benzene rings is 1. The van der Waals surface area contributed by atoms with E-state index in [1.54, 1.807) is 0 Å². The highest BCUT2D eigenvalue weighted by atomic mass is 16.5. The van der Waals surface area contributed by atoms with Crippen LogP contribution in [0, 0.1) is 0 Å². The lowest BCUT2D eigenvalue weighted by molar-refractivity contribution is -0.137. The minimum Gasteiger partial charge on any atom is -0.372 e. The maximum absolute atomic E-state index is 12.1. The first kappa shape index (κ1) is 15.0. The molecular formula is C16H24N2O2. The van der Waals surface area contributed by atoms with Gasteiger partial charge in [-0.2, -0.15) is 0 Å². The molecular weight excluding hydrogens is 252 g/mol. The molecule has 110 valence electrons. The van der Waals surface area contributed by atoms with E-state index in [4.69, 9.17) is 10.5 Å². The molecule has 1 aromatic carbocycles. The van der Waals surface area contributed by atoms with E-state index in [-0.39, 0.29) is 12.5 Å². The van der Waals surface area contributed by atoms with Gasteiger partial charge in [-0.25, -0.2) is 0 Å². The summed E-state index contributed by atoms with van der Waals surface area (Å²) in [4.78, 5) is 14.0. The van der Waals surface area contributed by atoms with Crippen LogP contribution in [0.4, 0.5) is 0 Å². The average molecular weight is 276 g/mol. The number of amides is 1. The summed E-state index contributed by atoms with van der Waals surface area (Å²) in [7, 11) is 0. The van der Waals surface area contributed by atoms with Crippen LogP contribution in [0.3, 0.4) is 0 Å². The molecule has 0 aromatic heterocycles. The topological polar surface area (TPSA) is 55.6 Å². The number of hydrogen-bond donors (Lipinski definition) is 1. The van der Waals surface area contributed by atoms with Crippen molar-refractivity contribution in [2.75, 3.05) is 26.3 Å². The van der Waals surface area contributed by atoms with Crippen molar-refractivity contribution in [1.82, 2.24) is 4.90 Å². The van der Waals surface area contributed by atoms with Crippen LogP contribution in [0.15, 0.2) is 24.3 Å². The number of ether oxygens (including phenoxy) is 1. The van der Waals surface area contributed by atoms with E-state index < -0.39 is 0 Å². The Balaban J connectivity index is 1.69. The van der Waals surface area contributed by atoms with E-state index in [0.29, 0.717) is 13.2 Å². The van der Waals surface area contributed by atoms with Crippen LogP contribution in [0.2, 0.25) is 0 Å². The van der Waals surface area contributed by atoms with Crippen molar-refractivity contribution in [3.63, 3.8) is 0 Å². The number of fused-ring (bicyclic) bond motifs is 1. The molecule has 2 N–H and O–H groups in total. The van der Waals surface area contributed by atoms with E-state index in [1.807, 2.05) is 11.0 Å². The summed E-state index contributed by atoms with van der Waals surface area (Å²) in [6, 6.07) is 8.33. The SMILES string of the molecule is NCCCCCOCC(=O)N1CCc2ccccc2C1. The number of rotatable bonds is 7. The highest BCUT2D eigenvalue weighted by Crippen LogP contribution is 2.18. The van der Waals surface area contributed by atoms with Gasteiger partial charge in [0.2, 0.25) is 5.91 Å². The first-order valence-corrected chi connectivity index (χ1v) is 7.43. The fraction of sp³-hybridized carbons (Fsp3) is 0.562. The molecule has 0 radical (unpaired) electrons. The molecule has 4 heteroatoms. The van der Waals surface area contributed by atoms with E-state index in [1.165, 1.54) is 11.1 Å². The summed E-state index contributed by atoms with van der Waals surface area (Å²) in [5.74, 6) is 0.0957. The third-order valence-electron chi connectivity index (χ3n) is 3.70. The Hall–Kier alpha value is -1.39. The van der Waals surface area contributed by atoms with Crippen molar-refractivity contribution in [3.05, 3.63) is 35.4 Å². The summed E-state index contributed by atoms with van der Waals surface area (Å²) >= 11 is 0. The third kappa shape index (κ3) is 4.32. The fourth-order valence-corrected chi connectivity index (χ4v) is 2.48. The molecule has 1 heterocycles. The number of carbonyl (C=O) groups excluding carboxylic acids is 1. The first-order chi connectivity index (χ1) is 9.81. The predicted octanol–water partition coefficient (Wildman–Crippen LogP) is 1.72. The standard InChI is InChI=1S/C16H24N2O2/c17-9-4-1-5-11-20-13-16(19)18-10-8-14-6-2-3-7-15(14)12-18/h2-3,6-7H,1,4-5,8-13,17H2. The van der Waals surface area contributed by atoms with Crippen LogP contribution in [0.25, 0.3) is 0 Å². The van der Waals surface area contributed by atoms with Gasteiger partial charge in [0.15, 0.2) is 0 Å². The van der Waals surface area contributed by atoms with Crippen molar-refractivity contribution in [3.8, 4) is 0 Å². The zero-order valence-electron chi connectivity index (χ0n) is 12.0. The lowest BCUT2D eigenvalue weighted by Gasteiger charge is -2.28. The quantitative estimate of drug-likeness (QED) is 0.771. The largest absolute Gasteiger partial charge is 0.372 e. The fourth-order valence-electron chi connectivity index (χ4n) is 2.48. The molecule has 0 bridgehead atoms. The van der Waals surface area contributed by atoms with Gasteiger partial charge < -0.3 is 15.4 Å². The highest BCUT2D eigenvalue weighted by Gasteiger charge is 2.19. The maximum atomic E-state index is 12.1. The molecule has 0 spiro atoms. The summed E-state index contributed by atoms with van der Waals surface area (Å²) in [6.07, 6.45) is 4.02. The normalized spacial score (nSPS) is 14.2. The average Bonchev–Trinajstić information content (AvgIpc) is 2.50. The van der Waals surface area contributed by atoms with Gasteiger partial charge in [-0.1, -0.05) is 24.3 Å². The van der Waals surface area contributed by atoms with E-state index in [0.717, 1.165) is 38.8 Å². The summed E-state index contributed by atoms with van der Waals surface area (Å²) in [5, 5.41) is 0. The van der Waals surface area contributed by atoms with Gasteiger partial charge in [-0.05, 0) is 43.4 Å². The van der Waals surface area contributed by atoms with Crippen LogP contribution < -0.4 is 5.73 Å². The Morgan fingerprint density at radius 2 is 2.00 bits per heavy atom. The molecule has 0 saturated heterocycles. The monoisotopic (exact) mass is 276 g/mol. The van der Waals surface area contributed by atoms with Gasteiger partial charge in [0.25, 0.3) is 0 Å². The summed E-state index contributed by atoms with van der Waals surface area (Å²) in [5.41, 5.74) is 8.05. The van der Waals surface area contributed by atoms with Gasteiger partial charge >= 0.3 is 0 Å². The summed E-state index contributed by atoms with van der Waals surface area (Å²) in [6.45, 7) is 3.09. The van der Waals surface area contributed by atoms with Crippen LogP contribution in [0.1, 0.15) is 30.4 Å². The predicted molar refractivity (Wildman–Crippen MR) is 79.3 cm³/mol. The van der Waals surface area contributed by atoms with Crippen molar-refractivity contribution in [2.45, 2.75) is 32.2 Å². The first-order valence-electron chi connectivity index (χ1n) is 7.43. The van der Waals surface area contributed by atoms with Gasteiger partial charge in [-0.15, -0.1) is 0 Å². The zero-order valence-corrected chi connectivity index (χ0v) is 12.0. The van der Waals surface area contributed by atoms with Crippen LogP contribution in [0.5, 0.6) is 0 Å². The Bertz CT molecular complexity index is 434. The minimum absolute atomic E-state index is 0.0957. The lowest BCUT2D eigenvalue weighted by Crippen LogP contribution is -2.38. The Kier molecular flexibility index (Phi) is 6.02.